The molecule has 0 N–H and O–H groups in total. The van der Waals surface area contributed by atoms with Crippen LogP contribution in [0.25, 0.3) is 0 Å². The van der Waals surface area contributed by atoms with Crippen molar-refractivity contribution in [2.75, 3.05) is 0 Å². The SMILES string of the molecule is CC.Cc1cnc(C2CC2)cc1C. The molecule has 1 aromatic rings. The summed E-state index contributed by atoms with van der Waals surface area (Å²) >= 11 is 0. The molecule has 0 unspecified atom stereocenters. The van der Waals surface area contributed by atoms with E-state index in [1.54, 1.807) is 0 Å². The fourth-order valence-corrected chi connectivity index (χ4v) is 1.25. The van der Waals surface area contributed by atoms with Gasteiger partial charge in [0.25, 0.3) is 0 Å². The quantitative estimate of drug-likeness (QED) is 0.638. The maximum Gasteiger partial charge on any atom is 0.0437 e. The van der Waals surface area contributed by atoms with Crippen LogP contribution in [-0.2, 0) is 0 Å². The van der Waals surface area contributed by atoms with Crippen LogP contribution in [0.3, 0.4) is 0 Å². The van der Waals surface area contributed by atoms with E-state index in [2.05, 4.69) is 24.9 Å². The van der Waals surface area contributed by atoms with Gasteiger partial charge in [0.15, 0.2) is 0 Å². The number of aryl methyl sites for hydroxylation is 2. The Kier molecular flexibility index (Phi) is 3.47. The first-order chi connectivity index (χ1) is 6.27. The third kappa shape index (κ3) is 2.55. The van der Waals surface area contributed by atoms with Gasteiger partial charge in [0.05, 0.1) is 0 Å². The summed E-state index contributed by atoms with van der Waals surface area (Å²) in [4.78, 5) is 4.40. The first kappa shape index (κ1) is 10.2. The average Bonchev–Trinajstić information content (AvgIpc) is 2.96. The molecule has 1 aromatic heterocycles. The van der Waals surface area contributed by atoms with Crippen molar-refractivity contribution >= 4 is 0 Å². The summed E-state index contributed by atoms with van der Waals surface area (Å²) in [5, 5.41) is 0. The molecule has 1 fully saturated rings. The van der Waals surface area contributed by atoms with Crippen LogP contribution in [-0.4, -0.2) is 4.98 Å². The van der Waals surface area contributed by atoms with E-state index in [1.165, 1.54) is 29.7 Å². The number of aromatic nitrogens is 1. The normalized spacial score (nSPS) is 14.8. The van der Waals surface area contributed by atoms with Crippen LogP contribution in [0, 0.1) is 13.8 Å². The zero-order valence-corrected chi connectivity index (χ0v) is 9.09. The monoisotopic (exact) mass is 177 g/mol. The summed E-state index contributed by atoms with van der Waals surface area (Å²) in [5.41, 5.74) is 3.98. The minimum absolute atomic E-state index is 0.786. The van der Waals surface area contributed by atoms with E-state index < -0.39 is 0 Å². The molecule has 13 heavy (non-hydrogen) atoms. The molecule has 1 nitrogen and oxygen atoms in total. The Morgan fingerprint density at radius 2 is 1.77 bits per heavy atom. The van der Waals surface area contributed by atoms with Crippen LogP contribution >= 0.6 is 0 Å². The molecule has 0 saturated heterocycles. The van der Waals surface area contributed by atoms with Gasteiger partial charge in [-0.25, -0.2) is 0 Å². The average molecular weight is 177 g/mol. The van der Waals surface area contributed by atoms with Crippen molar-refractivity contribution in [1.29, 1.82) is 0 Å². The van der Waals surface area contributed by atoms with Gasteiger partial charge >= 0.3 is 0 Å². The van der Waals surface area contributed by atoms with Crippen LogP contribution in [0.2, 0.25) is 0 Å². The highest BCUT2D eigenvalue weighted by atomic mass is 14.7. The lowest BCUT2D eigenvalue weighted by Gasteiger charge is -2.01. The second-order valence-electron chi connectivity index (χ2n) is 3.47. The molecule has 1 aliphatic rings. The minimum Gasteiger partial charge on any atom is -0.261 e. The molecule has 0 radical (unpaired) electrons. The Hall–Kier alpha value is -0.850. The third-order valence-electron chi connectivity index (χ3n) is 2.39. The van der Waals surface area contributed by atoms with Gasteiger partial charge in [0.1, 0.15) is 0 Å². The minimum atomic E-state index is 0.786. The van der Waals surface area contributed by atoms with E-state index in [4.69, 9.17) is 0 Å². The molecular formula is C12H19N. The van der Waals surface area contributed by atoms with E-state index in [0.29, 0.717) is 0 Å². The highest BCUT2D eigenvalue weighted by molar-refractivity contribution is 5.27. The lowest BCUT2D eigenvalue weighted by molar-refractivity contribution is 1.00. The number of hydrogen-bond acceptors (Lipinski definition) is 1. The Labute approximate surface area is 81.2 Å². The summed E-state index contributed by atoms with van der Waals surface area (Å²) in [6.07, 6.45) is 4.67. The molecule has 1 heteroatoms. The van der Waals surface area contributed by atoms with Crippen molar-refractivity contribution in [3.63, 3.8) is 0 Å². The topological polar surface area (TPSA) is 12.9 Å². The maximum absolute atomic E-state index is 4.40. The second kappa shape index (κ2) is 4.40. The van der Waals surface area contributed by atoms with Crippen LogP contribution < -0.4 is 0 Å². The Bertz CT molecular complexity index is 274. The Balaban J connectivity index is 0.000000396. The molecule has 2 rings (SSSR count). The molecule has 0 aromatic carbocycles. The fourth-order valence-electron chi connectivity index (χ4n) is 1.25. The lowest BCUT2D eigenvalue weighted by atomic mass is 10.1. The summed E-state index contributed by atoms with van der Waals surface area (Å²) < 4.78 is 0. The van der Waals surface area contributed by atoms with Gasteiger partial charge in [-0.3, -0.25) is 4.98 Å². The van der Waals surface area contributed by atoms with Crippen LogP contribution in [0.5, 0.6) is 0 Å². The lowest BCUT2D eigenvalue weighted by Crippen LogP contribution is -1.89. The van der Waals surface area contributed by atoms with Crippen molar-refractivity contribution in [1.82, 2.24) is 4.98 Å². The van der Waals surface area contributed by atoms with Crippen molar-refractivity contribution in [3.05, 3.63) is 29.1 Å². The van der Waals surface area contributed by atoms with Crippen molar-refractivity contribution < 1.29 is 0 Å². The summed E-state index contributed by atoms with van der Waals surface area (Å²) in [6, 6.07) is 2.23. The standard InChI is InChI=1S/C10H13N.C2H6/c1-7-5-10(9-3-4-9)11-6-8(7)2;1-2/h5-6,9H,3-4H2,1-2H3;1-2H3. The van der Waals surface area contributed by atoms with Crippen LogP contribution in [0.15, 0.2) is 12.3 Å². The smallest absolute Gasteiger partial charge is 0.0437 e. The zero-order valence-electron chi connectivity index (χ0n) is 9.09. The van der Waals surface area contributed by atoms with Crippen molar-refractivity contribution in [3.8, 4) is 0 Å². The largest absolute Gasteiger partial charge is 0.261 e. The zero-order chi connectivity index (χ0) is 9.84. The van der Waals surface area contributed by atoms with Crippen LogP contribution in [0.1, 0.15) is 49.4 Å². The van der Waals surface area contributed by atoms with E-state index >= 15 is 0 Å². The molecule has 72 valence electrons. The first-order valence-corrected chi connectivity index (χ1v) is 5.20. The Morgan fingerprint density at radius 3 is 2.23 bits per heavy atom. The first-order valence-electron chi connectivity index (χ1n) is 5.20. The van der Waals surface area contributed by atoms with E-state index in [-0.39, 0.29) is 0 Å². The van der Waals surface area contributed by atoms with Gasteiger partial charge in [-0.1, -0.05) is 13.8 Å². The fraction of sp³-hybridized carbons (Fsp3) is 0.583. The maximum atomic E-state index is 4.40. The van der Waals surface area contributed by atoms with Crippen LogP contribution in [0.4, 0.5) is 0 Å². The molecule has 0 amide bonds. The van der Waals surface area contributed by atoms with Gasteiger partial charge in [-0.05, 0) is 43.9 Å². The predicted molar refractivity (Wildman–Crippen MR) is 57.0 cm³/mol. The van der Waals surface area contributed by atoms with Gasteiger partial charge in [0.2, 0.25) is 0 Å². The van der Waals surface area contributed by atoms with Gasteiger partial charge in [0, 0.05) is 17.8 Å². The molecule has 0 atom stereocenters. The molecule has 0 spiro atoms. The predicted octanol–water partition coefficient (Wildman–Crippen LogP) is 3.60. The molecule has 1 heterocycles. The third-order valence-corrected chi connectivity index (χ3v) is 2.39. The molecule has 0 bridgehead atoms. The molecule has 0 aliphatic heterocycles. The second-order valence-corrected chi connectivity index (χ2v) is 3.47. The van der Waals surface area contributed by atoms with E-state index in [9.17, 15) is 0 Å². The summed E-state index contributed by atoms with van der Waals surface area (Å²) in [5.74, 6) is 0.786. The molecular weight excluding hydrogens is 158 g/mol. The van der Waals surface area contributed by atoms with E-state index in [0.717, 1.165) is 5.92 Å². The number of nitrogens with zero attached hydrogens (tertiary/aromatic N) is 1. The number of hydrogen-bond donors (Lipinski definition) is 0. The Morgan fingerprint density at radius 1 is 1.15 bits per heavy atom. The summed E-state index contributed by atoms with van der Waals surface area (Å²) in [6.45, 7) is 8.27. The van der Waals surface area contributed by atoms with Crippen molar-refractivity contribution in [2.45, 2.75) is 46.5 Å². The molecule has 1 saturated carbocycles. The van der Waals surface area contributed by atoms with Crippen molar-refractivity contribution in [2.24, 2.45) is 0 Å². The van der Waals surface area contributed by atoms with E-state index in [1.807, 2.05) is 20.0 Å². The van der Waals surface area contributed by atoms with Gasteiger partial charge in [-0.2, -0.15) is 0 Å². The van der Waals surface area contributed by atoms with Gasteiger partial charge < -0.3 is 0 Å². The molecule has 1 aliphatic carbocycles. The number of pyridine rings is 1. The summed E-state index contributed by atoms with van der Waals surface area (Å²) in [7, 11) is 0. The highest BCUT2D eigenvalue weighted by Gasteiger charge is 2.24. The van der Waals surface area contributed by atoms with Gasteiger partial charge in [-0.15, -0.1) is 0 Å². The number of rotatable bonds is 1. The highest BCUT2D eigenvalue weighted by Crippen LogP contribution is 2.39.